The summed E-state index contributed by atoms with van der Waals surface area (Å²) in [6.45, 7) is 0. The highest BCUT2D eigenvalue weighted by atomic mass is 32.2. The molecule has 0 atom stereocenters. The van der Waals surface area contributed by atoms with Gasteiger partial charge < -0.3 is 9.64 Å². The predicted octanol–water partition coefficient (Wildman–Crippen LogP) is 0.336. The molecule has 1 aromatic rings. The van der Waals surface area contributed by atoms with Gasteiger partial charge in [0.15, 0.2) is 16.6 Å². The van der Waals surface area contributed by atoms with Gasteiger partial charge in [-0.1, -0.05) is 0 Å². The van der Waals surface area contributed by atoms with Crippen molar-refractivity contribution in [1.82, 2.24) is 4.98 Å². The van der Waals surface area contributed by atoms with Crippen molar-refractivity contribution in [1.29, 1.82) is 0 Å². The van der Waals surface area contributed by atoms with E-state index < -0.39 is 10.0 Å². The molecule has 6 nitrogen and oxygen atoms in total. The molecule has 0 unspecified atom stereocenters. The number of primary sulfonamides is 1. The molecular weight excluding hydrogens is 242 g/mol. The van der Waals surface area contributed by atoms with Gasteiger partial charge in [-0.15, -0.1) is 0 Å². The summed E-state index contributed by atoms with van der Waals surface area (Å²) >= 11 is 0. The Bertz CT molecular complexity index is 524. The van der Waals surface area contributed by atoms with Crippen molar-refractivity contribution in [2.75, 3.05) is 19.0 Å². The summed E-state index contributed by atoms with van der Waals surface area (Å²) < 4.78 is 28.1. The van der Waals surface area contributed by atoms with Crippen LogP contribution in [0.3, 0.4) is 0 Å². The van der Waals surface area contributed by atoms with E-state index in [9.17, 15) is 8.42 Å². The van der Waals surface area contributed by atoms with Crippen LogP contribution in [0, 0.1) is 0 Å². The Kier molecular flexibility index (Phi) is 2.96. The summed E-state index contributed by atoms with van der Waals surface area (Å²) in [5.41, 5.74) is 0. The third kappa shape index (κ3) is 2.86. The lowest BCUT2D eigenvalue weighted by molar-refractivity contribution is 0.302. The smallest absolute Gasteiger partial charge is 0.255 e. The van der Waals surface area contributed by atoms with Crippen LogP contribution in [0.1, 0.15) is 12.8 Å². The second-order valence-electron chi connectivity index (χ2n) is 4.23. The van der Waals surface area contributed by atoms with Crippen molar-refractivity contribution in [3.8, 4) is 5.75 Å². The standard InChI is InChI=1S/C10H15N3O3S/c1-13(2)10-8(16-7-3-4-7)5-6-9(12-10)17(11,14)15/h5-7H,3-4H2,1-2H3,(H2,11,14,15). The molecule has 1 saturated carbocycles. The van der Waals surface area contributed by atoms with Crippen molar-refractivity contribution in [3.05, 3.63) is 12.1 Å². The van der Waals surface area contributed by atoms with Crippen LogP contribution in [-0.2, 0) is 10.0 Å². The molecular formula is C10H15N3O3S. The fraction of sp³-hybridized carbons (Fsp3) is 0.500. The molecule has 0 bridgehead atoms. The van der Waals surface area contributed by atoms with Crippen molar-refractivity contribution >= 4 is 15.8 Å². The number of nitrogens with zero attached hydrogens (tertiary/aromatic N) is 2. The van der Waals surface area contributed by atoms with Crippen LogP contribution in [0.5, 0.6) is 5.75 Å². The Labute approximate surface area is 100 Å². The fourth-order valence-electron chi connectivity index (χ4n) is 1.35. The van der Waals surface area contributed by atoms with Gasteiger partial charge in [-0.25, -0.2) is 18.5 Å². The van der Waals surface area contributed by atoms with Crippen molar-refractivity contribution in [2.24, 2.45) is 5.14 Å². The third-order valence-corrected chi connectivity index (χ3v) is 3.16. The van der Waals surface area contributed by atoms with E-state index >= 15 is 0 Å². The molecule has 94 valence electrons. The van der Waals surface area contributed by atoms with Crippen LogP contribution < -0.4 is 14.8 Å². The minimum Gasteiger partial charge on any atom is -0.487 e. The monoisotopic (exact) mass is 257 g/mol. The number of hydrogen-bond donors (Lipinski definition) is 1. The summed E-state index contributed by atoms with van der Waals surface area (Å²) in [5, 5.41) is 4.89. The molecule has 0 spiro atoms. The molecule has 2 N–H and O–H groups in total. The van der Waals surface area contributed by atoms with Crippen LogP contribution in [0.25, 0.3) is 0 Å². The Hall–Kier alpha value is -1.34. The second kappa shape index (κ2) is 4.15. The van der Waals surface area contributed by atoms with E-state index in [0.29, 0.717) is 11.6 Å². The van der Waals surface area contributed by atoms with E-state index in [1.165, 1.54) is 6.07 Å². The van der Waals surface area contributed by atoms with Crippen LogP contribution in [0.2, 0.25) is 0 Å². The minimum absolute atomic E-state index is 0.149. The van der Waals surface area contributed by atoms with E-state index in [0.717, 1.165) is 12.8 Å². The first kappa shape index (κ1) is 12.1. The molecule has 1 aliphatic carbocycles. The van der Waals surface area contributed by atoms with Gasteiger partial charge in [0.05, 0.1) is 6.10 Å². The number of pyridine rings is 1. The van der Waals surface area contributed by atoms with Gasteiger partial charge in [0, 0.05) is 14.1 Å². The fourth-order valence-corrected chi connectivity index (χ4v) is 1.83. The number of hydrogen-bond acceptors (Lipinski definition) is 5. The average molecular weight is 257 g/mol. The van der Waals surface area contributed by atoms with Gasteiger partial charge in [-0.2, -0.15) is 0 Å². The van der Waals surface area contributed by atoms with Crippen LogP contribution in [-0.4, -0.2) is 33.6 Å². The highest BCUT2D eigenvalue weighted by molar-refractivity contribution is 7.89. The summed E-state index contributed by atoms with van der Waals surface area (Å²) in [4.78, 5) is 5.71. The SMILES string of the molecule is CN(C)c1nc(S(N)(=O)=O)ccc1OC1CC1. The van der Waals surface area contributed by atoms with E-state index in [1.54, 1.807) is 25.1 Å². The Morgan fingerprint density at radius 3 is 2.53 bits per heavy atom. The summed E-state index contributed by atoms with van der Waals surface area (Å²) in [7, 11) is -0.236. The zero-order valence-electron chi connectivity index (χ0n) is 9.75. The summed E-state index contributed by atoms with van der Waals surface area (Å²) in [6, 6.07) is 2.96. The zero-order valence-corrected chi connectivity index (χ0v) is 10.6. The lowest BCUT2D eigenvalue weighted by Crippen LogP contribution is -2.18. The van der Waals surface area contributed by atoms with Gasteiger partial charge in [0.1, 0.15) is 0 Å². The van der Waals surface area contributed by atoms with Crippen molar-refractivity contribution in [2.45, 2.75) is 24.0 Å². The average Bonchev–Trinajstić information content (AvgIpc) is 3.00. The lowest BCUT2D eigenvalue weighted by Gasteiger charge is -2.17. The first-order chi connectivity index (χ1) is 7.88. The molecule has 0 radical (unpaired) electrons. The Balaban J connectivity index is 2.40. The highest BCUT2D eigenvalue weighted by Crippen LogP contribution is 2.32. The molecule has 1 heterocycles. The van der Waals surface area contributed by atoms with Gasteiger partial charge in [-0.3, -0.25) is 0 Å². The Morgan fingerprint density at radius 2 is 2.06 bits per heavy atom. The summed E-state index contributed by atoms with van der Waals surface area (Å²) in [5.74, 6) is 1.06. The number of ether oxygens (including phenoxy) is 1. The number of sulfonamides is 1. The minimum atomic E-state index is -3.78. The van der Waals surface area contributed by atoms with Gasteiger partial charge in [-0.05, 0) is 25.0 Å². The molecule has 7 heteroatoms. The maximum atomic E-state index is 11.2. The zero-order chi connectivity index (χ0) is 12.6. The number of aromatic nitrogens is 1. The van der Waals surface area contributed by atoms with Gasteiger partial charge in [0.25, 0.3) is 10.0 Å². The topological polar surface area (TPSA) is 85.5 Å². The number of anilines is 1. The molecule has 0 aliphatic heterocycles. The normalized spacial score (nSPS) is 15.7. The van der Waals surface area contributed by atoms with Crippen LogP contribution in [0.4, 0.5) is 5.82 Å². The maximum Gasteiger partial charge on any atom is 0.255 e. The quantitative estimate of drug-likeness (QED) is 0.840. The predicted molar refractivity (Wildman–Crippen MR) is 63.6 cm³/mol. The van der Waals surface area contributed by atoms with Gasteiger partial charge in [0.2, 0.25) is 0 Å². The highest BCUT2D eigenvalue weighted by Gasteiger charge is 2.26. The molecule has 1 aromatic heterocycles. The molecule has 0 aromatic carbocycles. The van der Waals surface area contributed by atoms with Crippen molar-refractivity contribution in [3.63, 3.8) is 0 Å². The summed E-state index contributed by atoms with van der Waals surface area (Å²) in [6.07, 6.45) is 2.30. The van der Waals surface area contributed by atoms with E-state index in [4.69, 9.17) is 9.88 Å². The first-order valence-corrected chi connectivity index (χ1v) is 6.80. The number of rotatable bonds is 4. The largest absolute Gasteiger partial charge is 0.487 e. The third-order valence-electron chi connectivity index (χ3n) is 2.35. The van der Waals surface area contributed by atoms with E-state index in [-0.39, 0.29) is 11.1 Å². The Morgan fingerprint density at radius 1 is 1.41 bits per heavy atom. The molecule has 1 fully saturated rings. The van der Waals surface area contributed by atoms with Crippen LogP contribution in [0.15, 0.2) is 17.2 Å². The lowest BCUT2D eigenvalue weighted by atomic mass is 10.4. The second-order valence-corrected chi connectivity index (χ2v) is 5.74. The molecule has 2 rings (SSSR count). The molecule has 17 heavy (non-hydrogen) atoms. The maximum absolute atomic E-state index is 11.2. The first-order valence-electron chi connectivity index (χ1n) is 5.26. The molecule has 1 aliphatic rings. The molecule has 0 saturated heterocycles. The van der Waals surface area contributed by atoms with Gasteiger partial charge >= 0.3 is 0 Å². The number of nitrogens with two attached hydrogens (primary N) is 1. The van der Waals surface area contributed by atoms with Crippen molar-refractivity contribution < 1.29 is 13.2 Å². The molecule has 0 amide bonds. The van der Waals surface area contributed by atoms with Crippen LogP contribution >= 0.6 is 0 Å². The van der Waals surface area contributed by atoms with E-state index in [2.05, 4.69) is 4.98 Å². The van der Waals surface area contributed by atoms with E-state index in [1.807, 2.05) is 0 Å².